The summed E-state index contributed by atoms with van der Waals surface area (Å²) in [6.45, 7) is 0. The first-order valence-electron chi connectivity index (χ1n) is 20.5. The van der Waals surface area contributed by atoms with Gasteiger partial charge in [-0.25, -0.2) is 0 Å². The van der Waals surface area contributed by atoms with Gasteiger partial charge in [-0.15, -0.1) is 0 Å². The molecule has 3 fully saturated rings. The molecule has 1 heterocycles. The van der Waals surface area contributed by atoms with Crippen LogP contribution in [0.15, 0.2) is 170 Å². The second-order valence-electron chi connectivity index (χ2n) is 16.9. The van der Waals surface area contributed by atoms with Gasteiger partial charge >= 0.3 is 0 Å². The largest absolute Gasteiger partial charge is 0.310 e. The lowest BCUT2D eigenvalue weighted by atomic mass is 9.47. The lowest BCUT2D eigenvalue weighted by Crippen LogP contribution is -2.50. The minimum atomic E-state index is 0.0810. The number of anilines is 3. The predicted molar refractivity (Wildman–Crippen MR) is 229 cm³/mol. The molecule has 0 N–H and O–H groups in total. The molecule has 0 amide bonds. The van der Waals surface area contributed by atoms with Crippen LogP contribution in [0.1, 0.15) is 49.7 Å². The van der Waals surface area contributed by atoms with Crippen LogP contribution >= 0.6 is 0 Å². The molecule has 5 unspecified atom stereocenters. The molecular formula is C53H44N2. The van der Waals surface area contributed by atoms with Gasteiger partial charge in [0.05, 0.1) is 16.7 Å². The van der Waals surface area contributed by atoms with Crippen molar-refractivity contribution in [3.8, 4) is 27.9 Å². The zero-order valence-corrected chi connectivity index (χ0v) is 31.1. The van der Waals surface area contributed by atoms with E-state index in [1.165, 1.54) is 99.6 Å². The topological polar surface area (TPSA) is 8.17 Å². The third-order valence-electron chi connectivity index (χ3n) is 14.3. The minimum Gasteiger partial charge on any atom is -0.310 e. The first-order valence-corrected chi connectivity index (χ1v) is 20.5. The Labute approximate surface area is 323 Å². The summed E-state index contributed by atoms with van der Waals surface area (Å²) in [5.41, 5.74) is 15.8. The molecule has 0 aliphatic heterocycles. The number of benzene rings is 7. The summed E-state index contributed by atoms with van der Waals surface area (Å²) in [6.07, 6.45) is 8.38. The average molecular weight is 709 g/mol. The maximum absolute atomic E-state index is 2.63. The fourth-order valence-corrected chi connectivity index (χ4v) is 12.2. The Bertz CT molecular complexity index is 2720. The third-order valence-corrected chi connectivity index (χ3v) is 14.3. The van der Waals surface area contributed by atoms with Crippen molar-refractivity contribution in [2.45, 2.75) is 43.9 Å². The molecule has 55 heavy (non-hydrogen) atoms. The number of fused-ring (bicyclic) bond motifs is 11. The van der Waals surface area contributed by atoms with Crippen molar-refractivity contribution in [1.82, 2.24) is 4.57 Å². The molecule has 5 atom stereocenters. The first-order chi connectivity index (χ1) is 27.2. The van der Waals surface area contributed by atoms with Crippen LogP contribution in [0.25, 0.3) is 49.7 Å². The van der Waals surface area contributed by atoms with Crippen molar-refractivity contribution >= 4 is 38.9 Å². The molecule has 3 saturated carbocycles. The summed E-state index contributed by atoms with van der Waals surface area (Å²) >= 11 is 0. The highest BCUT2D eigenvalue weighted by Crippen LogP contribution is 2.66. The van der Waals surface area contributed by atoms with Crippen molar-refractivity contribution in [3.05, 3.63) is 181 Å². The van der Waals surface area contributed by atoms with Gasteiger partial charge in [-0.2, -0.15) is 0 Å². The van der Waals surface area contributed by atoms with Crippen LogP contribution < -0.4 is 4.90 Å². The predicted octanol–water partition coefficient (Wildman–Crippen LogP) is 14.0. The Morgan fingerprint density at radius 1 is 0.491 bits per heavy atom. The Balaban J connectivity index is 1.09. The summed E-state index contributed by atoms with van der Waals surface area (Å²) in [5.74, 6) is 3.34. The minimum absolute atomic E-state index is 0.0810. The van der Waals surface area contributed by atoms with E-state index in [9.17, 15) is 0 Å². The van der Waals surface area contributed by atoms with Crippen molar-refractivity contribution in [3.63, 3.8) is 0 Å². The number of hydrogen-bond acceptors (Lipinski definition) is 1. The molecule has 266 valence electrons. The third kappa shape index (κ3) is 4.61. The van der Waals surface area contributed by atoms with E-state index in [0.29, 0.717) is 5.92 Å². The normalized spacial score (nSPS) is 23.3. The van der Waals surface area contributed by atoms with Gasteiger partial charge in [-0.05, 0) is 132 Å². The molecule has 7 aromatic carbocycles. The van der Waals surface area contributed by atoms with E-state index in [1.807, 2.05) is 0 Å². The zero-order valence-electron chi connectivity index (χ0n) is 31.1. The van der Waals surface area contributed by atoms with Crippen LogP contribution in [-0.4, -0.2) is 4.57 Å². The maximum Gasteiger partial charge on any atom is 0.0541 e. The number of rotatable bonds is 5. The van der Waals surface area contributed by atoms with Gasteiger partial charge in [0.2, 0.25) is 0 Å². The second-order valence-corrected chi connectivity index (χ2v) is 16.9. The highest BCUT2D eigenvalue weighted by atomic mass is 15.1. The van der Waals surface area contributed by atoms with Crippen molar-refractivity contribution in [2.24, 2.45) is 23.7 Å². The molecule has 2 heteroatoms. The molecule has 12 rings (SSSR count). The van der Waals surface area contributed by atoms with Crippen molar-refractivity contribution in [2.75, 3.05) is 4.90 Å². The Morgan fingerprint density at radius 3 is 2.02 bits per heavy atom. The molecule has 4 aliphatic carbocycles. The number of nitrogens with zero attached hydrogens (tertiary/aromatic N) is 2. The van der Waals surface area contributed by atoms with E-state index >= 15 is 0 Å². The fraction of sp³-hybridized carbons (Fsp3) is 0.208. The highest BCUT2D eigenvalue weighted by molar-refractivity contribution is 6.09. The van der Waals surface area contributed by atoms with Gasteiger partial charge < -0.3 is 9.47 Å². The summed E-state index contributed by atoms with van der Waals surface area (Å²) in [5, 5.41) is 2.56. The molecule has 0 saturated heterocycles. The summed E-state index contributed by atoms with van der Waals surface area (Å²) in [6, 6.07) is 63.8. The highest BCUT2D eigenvalue weighted by Gasteiger charge is 2.57. The Kier molecular flexibility index (Phi) is 6.91. The SMILES string of the molecule is c1ccc(-c2ccccc2N(c2cccc(-n3c4ccccc4c4ccccc43)c2)c2ccc3c(c2)C2(CC4CCC5CC4CC2C5)c2ccccc2-3)cc1. The van der Waals surface area contributed by atoms with Gasteiger partial charge in [0.1, 0.15) is 0 Å². The smallest absolute Gasteiger partial charge is 0.0541 e. The van der Waals surface area contributed by atoms with E-state index in [2.05, 4.69) is 179 Å². The van der Waals surface area contributed by atoms with E-state index in [4.69, 9.17) is 0 Å². The van der Waals surface area contributed by atoms with E-state index < -0.39 is 0 Å². The summed E-state index contributed by atoms with van der Waals surface area (Å²) in [7, 11) is 0. The average Bonchev–Trinajstić information content (AvgIpc) is 3.72. The number of para-hydroxylation sites is 3. The van der Waals surface area contributed by atoms with Gasteiger partial charge in [0.25, 0.3) is 0 Å². The lowest BCUT2D eigenvalue weighted by Gasteiger charge is -2.57. The standard InChI is InChI=1S/C53H44N2/c1-2-13-36(14-3-1)43-17-5-9-22-50(43)54(40-15-12-16-41(32-40)55-51-23-10-6-19-46(51)47-20-7-11-24-52(47)55)42-27-28-45-44-18-4-8-21-48(44)53(49(45)33-42)34-37-26-25-35-29-38(37)31-39(53)30-35/h1-24,27-28,32-33,35,37-39H,25-26,29-31,34H2. The van der Waals surface area contributed by atoms with Crippen LogP contribution in [0.3, 0.4) is 0 Å². The van der Waals surface area contributed by atoms with Crippen LogP contribution in [0.2, 0.25) is 0 Å². The molecule has 8 aromatic rings. The molecule has 4 aliphatic rings. The van der Waals surface area contributed by atoms with Gasteiger partial charge in [-0.3, -0.25) is 0 Å². The monoisotopic (exact) mass is 708 g/mol. The van der Waals surface area contributed by atoms with Crippen LogP contribution in [0.4, 0.5) is 17.1 Å². The molecule has 1 aromatic heterocycles. The summed E-state index contributed by atoms with van der Waals surface area (Å²) in [4.78, 5) is 2.55. The van der Waals surface area contributed by atoms with Crippen molar-refractivity contribution in [1.29, 1.82) is 0 Å². The van der Waals surface area contributed by atoms with Crippen LogP contribution in [0.5, 0.6) is 0 Å². The van der Waals surface area contributed by atoms with Crippen molar-refractivity contribution < 1.29 is 0 Å². The summed E-state index contributed by atoms with van der Waals surface area (Å²) < 4.78 is 2.44. The Hall–Kier alpha value is -5.86. The van der Waals surface area contributed by atoms with Crippen LogP contribution in [0, 0.1) is 23.7 Å². The number of aromatic nitrogens is 1. The fourth-order valence-electron chi connectivity index (χ4n) is 12.2. The van der Waals surface area contributed by atoms with E-state index in [1.54, 1.807) is 11.1 Å². The van der Waals surface area contributed by atoms with Crippen LogP contribution in [-0.2, 0) is 5.41 Å². The van der Waals surface area contributed by atoms with Gasteiger partial charge in [0, 0.05) is 38.8 Å². The Morgan fingerprint density at radius 2 is 1.18 bits per heavy atom. The van der Waals surface area contributed by atoms with Gasteiger partial charge in [0.15, 0.2) is 0 Å². The lowest BCUT2D eigenvalue weighted by molar-refractivity contribution is -0.0103. The zero-order chi connectivity index (χ0) is 36.1. The molecule has 3 bridgehead atoms. The quantitative estimate of drug-likeness (QED) is 0.173. The first kappa shape index (κ1) is 31.5. The molecule has 1 spiro atoms. The second kappa shape index (κ2) is 12.1. The van der Waals surface area contributed by atoms with Gasteiger partial charge in [-0.1, -0.05) is 128 Å². The van der Waals surface area contributed by atoms with E-state index in [-0.39, 0.29) is 5.41 Å². The molecule has 2 nitrogen and oxygen atoms in total. The molecular weight excluding hydrogens is 665 g/mol. The maximum atomic E-state index is 2.63. The van der Waals surface area contributed by atoms with E-state index in [0.717, 1.165) is 23.4 Å². The number of hydrogen-bond donors (Lipinski definition) is 0. The molecule has 0 radical (unpaired) electrons.